The number of hydrogen-bond donors (Lipinski definition) is 5. The van der Waals surface area contributed by atoms with E-state index in [1.165, 1.54) is 36.4 Å². The third kappa shape index (κ3) is 3.00. The van der Waals surface area contributed by atoms with Gasteiger partial charge >= 0.3 is 11.9 Å². The number of carbonyl (C=O) groups is 2. The van der Waals surface area contributed by atoms with E-state index < -0.39 is 35.5 Å². The molecule has 1 aliphatic heterocycles. The molecule has 0 radical (unpaired) electrons. The molecule has 2 aromatic carbocycles. The van der Waals surface area contributed by atoms with Crippen LogP contribution in [-0.2, 0) is 14.3 Å². The lowest BCUT2D eigenvalue weighted by molar-refractivity contribution is -0.156. The quantitative estimate of drug-likeness (QED) is 0.317. The van der Waals surface area contributed by atoms with Gasteiger partial charge in [0, 0.05) is 5.57 Å². The molecule has 0 aliphatic carbocycles. The molecular formula is C18H14O8. The van der Waals surface area contributed by atoms with Crippen molar-refractivity contribution in [3.05, 3.63) is 53.1 Å². The van der Waals surface area contributed by atoms with Gasteiger partial charge in [-0.2, -0.15) is 0 Å². The number of phenols is 4. The molecule has 0 aromatic heterocycles. The topological polar surface area (TPSA) is 145 Å². The molecule has 1 aliphatic rings. The van der Waals surface area contributed by atoms with Crippen LogP contribution >= 0.6 is 0 Å². The predicted molar refractivity (Wildman–Crippen MR) is 87.8 cm³/mol. The first kappa shape index (κ1) is 17.2. The minimum absolute atomic E-state index is 0.00687. The molecule has 2 aromatic rings. The van der Waals surface area contributed by atoms with Gasteiger partial charge in [-0.25, -0.2) is 9.59 Å². The second-order valence-electron chi connectivity index (χ2n) is 5.74. The lowest BCUT2D eigenvalue weighted by Crippen LogP contribution is -2.25. The van der Waals surface area contributed by atoms with Crippen LogP contribution < -0.4 is 0 Å². The molecule has 0 saturated carbocycles. The smallest absolute Gasteiger partial charge is 0.346 e. The van der Waals surface area contributed by atoms with Gasteiger partial charge in [0.25, 0.3) is 0 Å². The van der Waals surface area contributed by atoms with Gasteiger partial charge in [0.15, 0.2) is 23.0 Å². The van der Waals surface area contributed by atoms with Crippen LogP contribution in [0.3, 0.4) is 0 Å². The number of benzene rings is 2. The maximum absolute atomic E-state index is 12.2. The Bertz CT molecular complexity index is 931. The fourth-order valence-electron chi connectivity index (χ4n) is 2.78. The number of rotatable bonds is 3. The number of phenolic OH excluding ortho intramolecular Hbond substituents is 4. The first-order chi connectivity index (χ1) is 12.3. The predicted octanol–water partition coefficient (Wildman–Crippen LogP) is 1.69. The maximum atomic E-state index is 12.2. The summed E-state index contributed by atoms with van der Waals surface area (Å²) in [5.41, 5.74) is 0.590. The minimum atomic E-state index is -1.51. The van der Waals surface area contributed by atoms with Crippen molar-refractivity contribution in [2.75, 3.05) is 0 Å². The molecule has 1 heterocycles. The van der Waals surface area contributed by atoms with E-state index >= 15 is 0 Å². The molecule has 0 spiro atoms. The molecule has 1 fully saturated rings. The number of esters is 1. The van der Waals surface area contributed by atoms with E-state index in [-0.39, 0.29) is 22.6 Å². The molecule has 1 saturated heterocycles. The van der Waals surface area contributed by atoms with Crippen LogP contribution in [0.15, 0.2) is 42.0 Å². The minimum Gasteiger partial charge on any atom is -0.504 e. The number of carboxylic acid groups (broad SMARTS) is 1. The maximum Gasteiger partial charge on any atom is 0.346 e. The third-order valence-corrected chi connectivity index (χ3v) is 4.03. The number of hydrogen-bond acceptors (Lipinski definition) is 7. The standard InChI is InChI=1S/C18H14O8/c19-11-3-1-8(6-13(11)21)5-10-15(16(17(23)24)26-18(10)25)9-2-4-12(20)14(22)7-9/h1-7,15-16,19-22H,(H,23,24)/b10-5-/t15-,16+/m0/s1. The molecule has 3 rings (SSSR count). The van der Waals surface area contributed by atoms with Gasteiger partial charge in [-0.05, 0) is 41.5 Å². The largest absolute Gasteiger partial charge is 0.504 e. The SMILES string of the molecule is O=C1O[C@@H](C(=O)O)[C@@H](c2ccc(O)c(O)c2)/C1=C/c1ccc(O)c(O)c1. The van der Waals surface area contributed by atoms with Crippen molar-refractivity contribution in [2.45, 2.75) is 12.0 Å². The van der Waals surface area contributed by atoms with E-state index in [9.17, 15) is 35.1 Å². The number of ether oxygens (including phenoxy) is 1. The highest BCUT2D eigenvalue weighted by Crippen LogP contribution is 2.41. The molecule has 5 N–H and O–H groups in total. The van der Waals surface area contributed by atoms with E-state index in [4.69, 9.17) is 4.74 Å². The Balaban J connectivity index is 2.12. The van der Waals surface area contributed by atoms with Crippen LogP contribution in [0.25, 0.3) is 6.08 Å². The molecule has 8 nitrogen and oxygen atoms in total. The van der Waals surface area contributed by atoms with Crippen LogP contribution in [0.2, 0.25) is 0 Å². The van der Waals surface area contributed by atoms with Gasteiger partial charge in [0.05, 0.1) is 5.92 Å². The van der Waals surface area contributed by atoms with Crippen LogP contribution in [0.4, 0.5) is 0 Å². The highest BCUT2D eigenvalue weighted by molar-refractivity contribution is 6.01. The van der Waals surface area contributed by atoms with Crippen LogP contribution in [0.5, 0.6) is 23.0 Å². The summed E-state index contributed by atoms with van der Waals surface area (Å²) in [5.74, 6) is -4.87. The summed E-state index contributed by atoms with van der Waals surface area (Å²) >= 11 is 0. The van der Waals surface area contributed by atoms with E-state index in [0.29, 0.717) is 5.56 Å². The monoisotopic (exact) mass is 358 g/mol. The number of carboxylic acids is 1. The van der Waals surface area contributed by atoms with Gasteiger partial charge in [0.2, 0.25) is 6.10 Å². The van der Waals surface area contributed by atoms with Crippen molar-refractivity contribution in [2.24, 2.45) is 0 Å². The van der Waals surface area contributed by atoms with E-state index in [2.05, 4.69) is 0 Å². The Hall–Kier alpha value is -3.68. The first-order valence-corrected chi connectivity index (χ1v) is 7.47. The number of aromatic hydroxyl groups is 4. The first-order valence-electron chi connectivity index (χ1n) is 7.47. The van der Waals surface area contributed by atoms with Crippen LogP contribution in [-0.4, -0.2) is 43.6 Å². The fraction of sp³-hybridized carbons (Fsp3) is 0.111. The molecule has 26 heavy (non-hydrogen) atoms. The molecule has 0 amide bonds. The number of carbonyl (C=O) groups excluding carboxylic acids is 1. The summed E-state index contributed by atoms with van der Waals surface area (Å²) in [6, 6.07) is 7.55. The summed E-state index contributed by atoms with van der Waals surface area (Å²) < 4.78 is 4.94. The lowest BCUT2D eigenvalue weighted by atomic mass is 9.87. The lowest BCUT2D eigenvalue weighted by Gasteiger charge is -2.15. The average Bonchev–Trinajstić information content (AvgIpc) is 2.91. The Morgan fingerprint density at radius 3 is 2.12 bits per heavy atom. The van der Waals surface area contributed by atoms with Gasteiger partial charge in [-0.3, -0.25) is 0 Å². The Morgan fingerprint density at radius 1 is 0.923 bits per heavy atom. The summed E-state index contributed by atoms with van der Waals surface area (Å²) in [7, 11) is 0. The van der Waals surface area contributed by atoms with Crippen molar-refractivity contribution in [3.63, 3.8) is 0 Å². The van der Waals surface area contributed by atoms with Crippen molar-refractivity contribution < 1.29 is 39.9 Å². The van der Waals surface area contributed by atoms with Crippen LogP contribution in [0.1, 0.15) is 17.0 Å². The highest BCUT2D eigenvalue weighted by Gasteiger charge is 2.45. The summed E-state index contributed by atoms with van der Waals surface area (Å²) in [6.07, 6.45) is -0.178. The van der Waals surface area contributed by atoms with Gasteiger partial charge in [-0.1, -0.05) is 12.1 Å². The Labute approximate surface area is 146 Å². The van der Waals surface area contributed by atoms with Crippen molar-refractivity contribution in [1.29, 1.82) is 0 Å². The van der Waals surface area contributed by atoms with Crippen molar-refractivity contribution >= 4 is 18.0 Å². The zero-order chi connectivity index (χ0) is 19.0. The van der Waals surface area contributed by atoms with E-state index in [1.807, 2.05) is 0 Å². The summed E-state index contributed by atoms with van der Waals surface area (Å²) in [5, 5.41) is 47.4. The van der Waals surface area contributed by atoms with Gasteiger partial charge < -0.3 is 30.3 Å². The van der Waals surface area contributed by atoms with E-state index in [0.717, 1.165) is 6.07 Å². The fourth-order valence-corrected chi connectivity index (χ4v) is 2.78. The average molecular weight is 358 g/mol. The van der Waals surface area contributed by atoms with Gasteiger partial charge in [0.1, 0.15) is 0 Å². The second-order valence-corrected chi connectivity index (χ2v) is 5.74. The summed E-state index contributed by atoms with van der Waals surface area (Å²) in [6.45, 7) is 0. The zero-order valence-electron chi connectivity index (χ0n) is 13.2. The van der Waals surface area contributed by atoms with E-state index in [1.54, 1.807) is 0 Å². The highest BCUT2D eigenvalue weighted by atomic mass is 16.6. The Morgan fingerprint density at radius 2 is 1.54 bits per heavy atom. The normalized spacial score (nSPS) is 20.9. The third-order valence-electron chi connectivity index (χ3n) is 4.03. The molecule has 2 atom stereocenters. The van der Waals surface area contributed by atoms with Gasteiger partial charge in [-0.15, -0.1) is 0 Å². The molecule has 0 unspecified atom stereocenters. The molecule has 134 valence electrons. The summed E-state index contributed by atoms with van der Waals surface area (Å²) in [4.78, 5) is 23.7. The number of cyclic esters (lactones) is 1. The van der Waals surface area contributed by atoms with Crippen LogP contribution in [0, 0.1) is 0 Å². The molecule has 0 bridgehead atoms. The second kappa shape index (κ2) is 6.32. The van der Waals surface area contributed by atoms with Crippen molar-refractivity contribution in [3.8, 4) is 23.0 Å². The van der Waals surface area contributed by atoms with Crippen molar-refractivity contribution in [1.82, 2.24) is 0 Å². The molecular weight excluding hydrogens is 344 g/mol. The molecule has 8 heteroatoms. The number of aliphatic carboxylic acids is 1. The zero-order valence-corrected chi connectivity index (χ0v) is 13.2. The Kier molecular flexibility index (Phi) is 4.17.